The molecule has 0 aliphatic carbocycles. The second kappa shape index (κ2) is 6.19. The van der Waals surface area contributed by atoms with Gasteiger partial charge in [0.05, 0.1) is 16.8 Å². The Kier molecular flexibility index (Phi) is 4.57. The Labute approximate surface area is 124 Å². The van der Waals surface area contributed by atoms with Crippen LogP contribution < -0.4 is 4.80 Å². The van der Waals surface area contributed by atoms with Crippen molar-refractivity contribution in [2.75, 3.05) is 6.61 Å². The molecule has 1 aromatic carbocycles. The van der Waals surface area contributed by atoms with Crippen LogP contribution in [0.4, 0.5) is 0 Å². The van der Waals surface area contributed by atoms with Crippen molar-refractivity contribution in [3.8, 4) is 0 Å². The second-order valence-corrected chi connectivity index (χ2v) is 5.46. The summed E-state index contributed by atoms with van der Waals surface area (Å²) >= 11 is 7.26. The number of aromatic nitrogens is 1. The maximum absolute atomic E-state index is 11.7. The Morgan fingerprint density at radius 2 is 2.20 bits per heavy atom. The summed E-state index contributed by atoms with van der Waals surface area (Å²) in [4.78, 5) is 27.3. The third kappa shape index (κ3) is 3.26. The van der Waals surface area contributed by atoms with Crippen molar-refractivity contribution in [1.29, 1.82) is 0 Å². The number of benzene rings is 1. The highest BCUT2D eigenvalue weighted by molar-refractivity contribution is 7.16. The number of carbonyl (C=O) groups excluding carboxylic acids is 2. The van der Waals surface area contributed by atoms with Gasteiger partial charge in [-0.3, -0.25) is 9.59 Å². The van der Waals surface area contributed by atoms with Gasteiger partial charge in [-0.15, -0.1) is 0 Å². The van der Waals surface area contributed by atoms with E-state index in [1.807, 2.05) is 0 Å². The summed E-state index contributed by atoms with van der Waals surface area (Å²) in [5, 5.41) is 0.594. The first-order valence-electron chi connectivity index (χ1n) is 6.01. The van der Waals surface area contributed by atoms with E-state index >= 15 is 0 Å². The fourth-order valence-corrected chi connectivity index (χ4v) is 3.11. The lowest BCUT2D eigenvalue weighted by Crippen LogP contribution is -2.22. The molecule has 0 aliphatic rings. The van der Waals surface area contributed by atoms with Crippen molar-refractivity contribution >= 4 is 45.0 Å². The molecule has 7 heteroatoms. The minimum Gasteiger partial charge on any atom is -0.465 e. The number of fused-ring (bicyclic) bond motifs is 1. The number of rotatable bonds is 3. The molecule has 1 aromatic heterocycles. The molecule has 1 heterocycles. The highest BCUT2D eigenvalue weighted by atomic mass is 35.5. The van der Waals surface area contributed by atoms with E-state index in [4.69, 9.17) is 16.3 Å². The molecule has 1 amide bonds. The van der Waals surface area contributed by atoms with Gasteiger partial charge < -0.3 is 9.30 Å². The Morgan fingerprint density at radius 1 is 1.45 bits per heavy atom. The number of hydrogen-bond acceptors (Lipinski definition) is 4. The highest BCUT2D eigenvalue weighted by Gasteiger charge is 2.11. The monoisotopic (exact) mass is 312 g/mol. The molecule has 0 spiro atoms. The largest absolute Gasteiger partial charge is 0.465 e. The quantitative estimate of drug-likeness (QED) is 0.817. The van der Waals surface area contributed by atoms with Gasteiger partial charge in [-0.1, -0.05) is 22.9 Å². The third-order valence-corrected chi connectivity index (χ3v) is 3.77. The van der Waals surface area contributed by atoms with E-state index < -0.39 is 0 Å². The molecule has 0 fully saturated rings. The number of thiazole rings is 1. The number of nitrogens with zero attached hydrogens (tertiary/aromatic N) is 2. The predicted molar refractivity (Wildman–Crippen MR) is 77.7 cm³/mol. The zero-order chi connectivity index (χ0) is 14.7. The van der Waals surface area contributed by atoms with Gasteiger partial charge in [0, 0.05) is 11.9 Å². The normalized spacial score (nSPS) is 11.8. The molecule has 0 unspecified atom stereocenters. The van der Waals surface area contributed by atoms with Gasteiger partial charge in [0.2, 0.25) is 5.91 Å². The first kappa shape index (κ1) is 14.7. The lowest BCUT2D eigenvalue weighted by atomic mass is 10.3. The number of esters is 1. The van der Waals surface area contributed by atoms with Crippen molar-refractivity contribution in [2.24, 2.45) is 4.99 Å². The molecule has 0 atom stereocenters. The van der Waals surface area contributed by atoms with Gasteiger partial charge in [-0.05, 0) is 25.1 Å². The van der Waals surface area contributed by atoms with Crippen LogP contribution in [0.5, 0.6) is 0 Å². The van der Waals surface area contributed by atoms with Gasteiger partial charge >= 0.3 is 5.97 Å². The maximum Gasteiger partial charge on any atom is 0.326 e. The van der Waals surface area contributed by atoms with E-state index in [0.717, 1.165) is 10.2 Å². The van der Waals surface area contributed by atoms with Crippen molar-refractivity contribution in [2.45, 2.75) is 20.4 Å². The van der Waals surface area contributed by atoms with Crippen molar-refractivity contribution in [3.63, 3.8) is 0 Å². The number of carbonyl (C=O) groups is 2. The number of hydrogen-bond donors (Lipinski definition) is 0. The van der Waals surface area contributed by atoms with Crippen LogP contribution in [0.2, 0.25) is 5.02 Å². The molecule has 0 bridgehead atoms. The van der Waals surface area contributed by atoms with E-state index in [1.165, 1.54) is 18.3 Å². The SMILES string of the molecule is CCOC(=O)Cn1c(=NC(C)=O)sc2cc(Cl)ccc21. The van der Waals surface area contributed by atoms with E-state index in [1.54, 1.807) is 29.7 Å². The van der Waals surface area contributed by atoms with Gasteiger partial charge in [0.15, 0.2) is 4.80 Å². The van der Waals surface area contributed by atoms with Crippen molar-refractivity contribution in [1.82, 2.24) is 4.57 Å². The maximum atomic E-state index is 11.7. The zero-order valence-corrected chi connectivity index (χ0v) is 12.6. The van der Waals surface area contributed by atoms with Crippen LogP contribution in [-0.4, -0.2) is 23.1 Å². The number of amides is 1. The summed E-state index contributed by atoms with van der Waals surface area (Å²) < 4.78 is 7.47. The summed E-state index contributed by atoms with van der Waals surface area (Å²) in [6.45, 7) is 3.44. The van der Waals surface area contributed by atoms with Gasteiger partial charge in [-0.2, -0.15) is 4.99 Å². The fraction of sp³-hybridized carbons (Fsp3) is 0.308. The summed E-state index contributed by atoms with van der Waals surface area (Å²) in [5.41, 5.74) is 0.799. The molecule has 2 rings (SSSR count). The highest BCUT2D eigenvalue weighted by Crippen LogP contribution is 2.21. The lowest BCUT2D eigenvalue weighted by Gasteiger charge is -2.04. The molecule has 0 saturated heterocycles. The standard InChI is InChI=1S/C13H13ClN2O3S/c1-3-19-12(18)7-16-10-5-4-9(14)6-11(10)20-13(16)15-8(2)17/h4-6H,3,7H2,1-2H3. The summed E-state index contributed by atoms with van der Waals surface area (Å²) in [6.07, 6.45) is 0. The Morgan fingerprint density at radius 3 is 2.85 bits per heavy atom. The molecular weight excluding hydrogens is 300 g/mol. The van der Waals surface area contributed by atoms with Crippen LogP contribution >= 0.6 is 22.9 Å². The molecule has 2 aromatic rings. The van der Waals surface area contributed by atoms with Crippen LogP contribution in [0.15, 0.2) is 23.2 Å². The average Bonchev–Trinajstić information content (AvgIpc) is 2.66. The van der Waals surface area contributed by atoms with E-state index in [0.29, 0.717) is 16.4 Å². The molecule has 0 aliphatic heterocycles. The molecule has 106 valence electrons. The minimum absolute atomic E-state index is 0.0155. The van der Waals surface area contributed by atoms with E-state index in [-0.39, 0.29) is 18.4 Å². The van der Waals surface area contributed by atoms with Crippen LogP contribution in [-0.2, 0) is 20.9 Å². The van der Waals surface area contributed by atoms with E-state index in [9.17, 15) is 9.59 Å². The lowest BCUT2D eigenvalue weighted by molar-refractivity contribution is -0.143. The molecule has 0 N–H and O–H groups in total. The average molecular weight is 313 g/mol. The van der Waals surface area contributed by atoms with Crippen LogP contribution in [0.3, 0.4) is 0 Å². The van der Waals surface area contributed by atoms with Crippen LogP contribution in [0.25, 0.3) is 10.2 Å². The van der Waals surface area contributed by atoms with Crippen LogP contribution in [0.1, 0.15) is 13.8 Å². The Balaban J connectivity index is 2.59. The van der Waals surface area contributed by atoms with E-state index in [2.05, 4.69) is 4.99 Å². The second-order valence-electron chi connectivity index (χ2n) is 4.02. The van der Waals surface area contributed by atoms with Crippen molar-refractivity contribution in [3.05, 3.63) is 28.0 Å². The summed E-state index contributed by atoms with van der Waals surface area (Å²) in [5.74, 6) is -0.688. The predicted octanol–water partition coefficient (Wildman–Crippen LogP) is 2.37. The number of halogens is 1. The fourth-order valence-electron chi connectivity index (χ4n) is 1.76. The minimum atomic E-state index is -0.368. The summed E-state index contributed by atoms with van der Waals surface area (Å²) in [7, 11) is 0. The molecular formula is C13H13ClN2O3S. The molecule has 0 radical (unpaired) electrons. The smallest absolute Gasteiger partial charge is 0.326 e. The Bertz CT molecular complexity index is 733. The van der Waals surface area contributed by atoms with Crippen molar-refractivity contribution < 1.29 is 14.3 Å². The summed E-state index contributed by atoms with van der Waals surface area (Å²) in [6, 6.07) is 5.31. The molecule has 0 saturated carbocycles. The van der Waals surface area contributed by atoms with Crippen LogP contribution in [0, 0.1) is 0 Å². The number of ether oxygens (including phenoxy) is 1. The van der Waals surface area contributed by atoms with Gasteiger partial charge in [0.25, 0.3) is 0 Å². The molecule has 20 heavy (non-hydrogen) atoms. The first-order valence-corrected chi connectivity index (χ1v) is 7.20. The first-order chi connectivity index (χ1) is 9.51. The molecule has 5 nitrogen and oxygen atoms in total. The zero-order valence-electron chi connectivity index (χ0n) is 11.1. The Hall–Kier alpha value is -1.66. The topological polar surface area (TPSA) is 60.7 Å². The third-order valence-electron chi connectivity index (χ3n) is 2.49. The van der Waals surface area contributed by atoms with Gasteiger partial charge in [0.1, 0.15) is 6.54 Å². The van der Waals surface area contributed by atoms with Gasteiger partial charge in [-0.25, -0.2) is 0 Å².